The highest BCUT2D eigenvalue weighted by atomic mass is 16.5. The van der Waals surface area contributed by atoms with E-state index in [0.717, 1.165) is 5.56 Å². The van der Waals surface area contributed by atoms with Gasteiger partial charge in [0.1, 0.15) is 5.75 Å². The van der Waals surface area contributed by atoms with Gasteiger partial charge in [0.2, 0.25) is 0 Å². The van der Waals surface area contributed by atoms with Gasteiger partial charge in [0.25, 0.3) is 0 Å². The topological polar surface area (TPSA) is 44.8 Å². The van der Waals surface area contributed by atoms with Crippen molar-refractivity contribution in [1.29, 1.82) is 0 Å². The molecule has 114 valence electrons. The summed E-state index contributed by atoms with van der Waals surface area (Å²) in [5.41, 5.74) is 1.34. The van der Waals surface area contributed by atoms with Crippen LogP contribution in [-0.4, -0.2) is 27.1 Å². The van der Waals surface area contributed by atoms with E-state index in [-0.39, 0.29) is 5.78 Å². The molecule has 0 aliphatic carbocycles. The van der Waals surface area contributed by atoms with E-state index >= 15 is 0 Å². The molecule has 0 heterocycles. The number of rotatable bonds is 6. The van der Waals surface area contributed by atoms with Crippen molar-refractivity contribution < 1.29 is 19.0 Å². The monoisotopic (exact) mass is 298 g/mol. The van der Waals surface area contributed by atoms with Crippen LogP contribution < -0.4 is 14.2 Å². The lowest BCUT2D eigenvalue weighted by Gasteiger charge is -2.09. The molecule has 2 aromatic carbocycles. The van der Waals surface area contributed by atoms with Gasteiger partial charge >= 0.3 is 0 Å². The number of ketones is 1. The van der Waals surface area contributed by atoms with Crippen molar-refractivity contribution in [3.63, 3.8) is 0 Å². The Morgan fingerprint density at radius 2 is 1.73 bits per heavy atom. The molecule has 0 N–H and O–H groups in total. The van der Waals surface area contributed by atoms with Gasteiger partial charge in [-0.25, -0.2) is 0 Å². The summed E-state index contributed by atoms with van der Waals surface area (Å²) in [7, 11) is 4.71. The first-order valence-electron chi connectivity index (χ1n) is 6.77. The Morgan fingerprint density at radius 3 is 2.41 bits per heavy atom. The molecule has 4 heteroatoms. The number of carbonyl (C=O) groups excluding carboxylic acids is 1. The van der Waals surface area contributed by atoms with Gasteiger partial charge in [-0.1, -0.05) is 24.3 Å². The zero-order chi connectivity index (χ0) is 15.9. The number of para-hydroxylation sites is 1. The first kappa shape index (κ1) is 15.6. The van der Waals surface area contributed by atoms with Crippen molar-refractivity contribution in [2.45, 2.75) is 0 Å². The molecule has 0 radical (unpaired) electrons. The van der Waals surface area contributed by atoms with Crippen LogP contribution in [-0.2, 0) is 0 Å². The van der Waals surface area contributed by atoms with E-state index < -0.39 is 0 Å². The highest BCUT2D eigenvalue weighted by molar-refractivity contribution is 6.07. The van der Waals surface area contributed by atoms with Crippen LogP contribution >= 0.6 is 0 Å². The average molecular weight is 298 g/mol. The van der Waals surface area contributed by atoms with Crippen molar-refractivity contribution in [2.24, 2.45) is 0 Å². The Labute approximate surface area is 129 Å². The van der Waals surface area contributed by atoms with Crippen LogP contribution in [0.1, 0.15) is 15.9 Å². The third-order valence-electron chi connectivity index (χ3n) is 3.20. The number of hydrogen-bond donors (Lipinski definition) is 0. The Balaban J connectivity index is 2.26. The fourth-order valence-corrected chi connectivity index (χ4v) is 2.08. The minimum absolute atomic E-state index is 0.108. The number of allylic oxidation sites excluding steroid dienone is 1. The van der Waals surface area contributed by atoms with Crippen molar-refractivity contribution in [3.8, 4) is 17.2 Å². The predicted octanol–water partition coefficient (Wildman–Crippen LogP) is 3.61. The Bertz CT molecular complexity index is 689. The summed E-state index contributed by atoms with van der Waals surface area (Å²) in [4.78, 5) is 12.2. The number of carbonyl (C=O) groups is 1. The number of hydrogen-bond acceptors (Lipinski definition) is 4. The standard InChI is InChI=1S/C18H18O4/c1-20-15-8-4-7-14(12-15)16(19)11-10-13-6-5-9-17(21-2)18(13)22-3/h4-12H,1-3H3. The van der Waals surface area contributed by atoms with Crippen LogP contribution in [0.15, 0.2) is 48.5 Å². The van der Waals surface area contributed by atoms with Gasteiger partial charge in [0.05, 0.1) is 21.3 Å². The number of methoxy groups -OCH3 is 3. The van der Waals surface area contributed by atoms with Crippen LogP contribution in [0.25, 0.3) is 6.08 Å². The molecule has 0 aliphatic rings. The highest BCUT2D eigenvalue weighted by Gasteiger charge is 2.08. The van der Waals surface area contributed by atoms with E-state index in [1.54, 1.807) is 57.7 Å². The second-order valence-corrected chi connectivity index (χ2v) is 4.51. The zero-order valence-electron chi connectivity index (χ0n) is 12.8. The first-order chi connectivity index (χ1) is 10.7. The van der Waals surface area contributed by atoms with Crippen molar-refractivity contribution in [2.75, 3.05) is 21.3 Å². The molecule has 2 aromatic rings. The van der Waals surface area contributed by atoms with E-state index in [2.05, 4.69) is 0 Å². The summed E-state index contributed by atoms with van der Waals surface area (Å²) >= 11 is 0. The van der Waals surface area contributed by atoms with Crippen molar-refractivity contribution in [3.05, 3.63) is 59.7 Å². The van der Waals surface area contributed by atoms with Crippen LogP contribution in [0.4, 0.5) is 0 Å². The molecule has 0 fully saturated rings. The quantitative estimate of drug-likeness (QED) is 0.603. The SMILES string of the molecule is COc1cccc(C(=O)C=Cc2cccc(OC)c2OC)c1. The molecule has 0 amide bonds. The highest BCUT2D eigenvalue weighted by Crippen LogP contribution is 2.31. The second-order valence-electron chi connectivity index (χ2n) is 4.51. The molecule has 0 atom stereocenters. The molecule has 0 unspecified atom stereocenters. The smallest absolute Gasteiger partial charge is 0.185 e. The van der Waals surface area contributed by atoms with Crippen molar-refractivity contribution >= 4 is 11.9 Å². The predicted molar refractivity (Wildman–Crippen MR) is 85.9 cm³/mol. The van der Waals surface area contributed by atoms with E-state index in [0.29, 0.717) is 22.8 Å². The minimum Gasteiger partial charge on any atom is -0.497 e. The zero-order valence-corrected chi connectivity index (χ0v) is 12.8. The summed E-state index contributed by atoms with van der Waals surface area (Å²) in [5.74, 6) is 1.76. The second kappa shape index (κ2) is 7.31. The molecule has 4 nitrogen and oxygen atoms in total. The van der Waals surface area contributed by atoms with Gasteiger partial charge in [-0.2, -0.15) is 0 Å². The molecule has 0 aromatic heterocycles. The molecule has 0 saturated carbocycles. The molecule has 0 saturated heterocycles. The maximum absolute atomic E-state index is 12.2. The van der Waals surface area contributed by atoms with Gasteiger partial charge < -0.3 is 14.2 Å². The Kier molecular flexibility index (Phi) is 5.20. The summed E-state index contributed by atoms with van der Waals surface area (Å²) in [6.07, 6.45) is 3.22. The van der Waals surface area contributed by atoms with E-state index in [1.807, 2.05) is 12.1 Å². The molecular formula is C18H18O4. The fraction of sp³-hybridized carbons (Fsp3) is 0.167. The maximum Gasteiger partial charge on any atom is 0.185 e. The first-order valence-corrected chi connectivity index (χ1v) is 6.77. The lowest BCUT2D eigenvalue weighted by atomic mass is 10.1. The molecular weight excluding hydrogens is 280 g/mol. The molecule has 0 bridgehead atoms. The van der Waals surface area contributed by atoms with Crippen LogP contribution in [0.2, 0.25) is 0 Å². The van der Waals surface area contributed by atoms with Crippen molar-refractivity contribution in [1.82, 2.24) is 0 Å². The third kappa shape index (κ3) is 3.47. The van der Waals surface area contributed by atoms with Crippen LogP contribution in [0, 0.1) is 0 Å². The fourth-order valence-electron chi connectivity index (χ4n) is 2.08. The van der Waals surface area contributed by atoms with Gasteiger partial charge in [-0.3, -0.25) is 4.79 Å². The van der Waals surface area contributed by atoms with E-state index in [9.17, 15) is 4.79 Å². The largest absolute Gasteiger partial charge is 0.497 e. The number of benzene rings is 2. The van der Waals surface area contributed by atoms with Crippen LogP contribution in [0.3, 0.4) is 0 Å². The minimum atomic E-state index is -0.108. The number of ether oxygens (including phenoxy) is 3. The summed E-state index contributed by atoms with van der Waals surface area (Å²) in [6, 6.07) is 12.5. The molecule has 0 spiro atoms. The summed E-state index contributed by atoms with van der Waals surface area (Å²) in [5, 5.41) is 0. The van der Waals surface area contributed by atoms with Gasteiger partial charge in [-0.15, -0.1) is 0 Å². The van der Waals surface area contributed by atoms with E-state index in [4.69, 9.17) is 14.2 Å². The van der Waals surface area contributed by atoms with Gasteiger partial charge in [0.15, 0.2) is 17.3 Å². The third-order valence-corrected chi connectivity index (χ3v) is 3.20. The maximum atomic E-state index is 12.2. The normalized spacial score (nSPS) is 10.5. The lowest BCUT2D eigenvalue weighted by molar-refractivity contribution is 0.104. The molecule has 2 rings (SSSR count). The summed E-state index contributed by atoms with van der Waals surface area (Å²) in [6.45, 7) is 0. The average Bonchev–Trinajstić information content (AvgIpc) is 2.59. The molecule has 0 aliphatic heterocycles. The Hall–Kier alpha value is -2.75. The van der Waals surface area contributed by atoms with Gasteiger partial charge in [-0.05, 0) is 30.4 Å². The van der Waals surface area contributed by atoms with Gasteiger partial charge in [0, 0.05) is 11.1 Å². The summed E-state index contributed by atoms with van der Waals surface area (Å²) < 4.78 is 15.7. The lowest BCUT2D eigenvalue weighted by Crippen LogP contribution is -1.96. The van der Waals surface area contributed by atoms with E-state index in [1.165, 1.54) is 6.08 Å². The molecule has 22 heavy (non-hydrogen) atoms. The van der Waals surface area contributed by atoms with Crippen LogP contribution in [0.5, 0.6) is 17.2 Å². The Morgan fingerprint density at radius 1 is 0.955 bits per heavy atom.